The molecule has 2 aromatic rings. The minimum Gasteiger partial charge on any atom is -0.383 e. The first kappa shape index (κ1) is 21.0. The smallest absolute Gasteiger partial charge is 0.237 e. The van der Waals surface area contributed by atoms with E-state index in [0.29, 0.717) is 26.2 Å². The summed E-state index contributed by atoms with van der Waals surface area (Å²) in [5, 5.41) is 5.72. The van der Waals surface area contributed by atoms with Gasteiger partial charge in [-0.1, -0.05) is 60.7 Å². The van der Waals surface area contributed by atoms with E-state index in [2.05, 4.69) is 39.8 Å². The van der Waals surface area contributed by atoms with E-state index in [1.807, 2.05) is 36.4 Å². The van der Waals surface area contributed by atoms with Gasteiger partial charge in [0.15, 0.2) is 0 Å². The van der Waals surface area contributed by atoms with Crippen LogP contribution in [0.3, 0.4) is 0 Å². The van der Waals surface area contributed by atoms with Crippen molar-refractivity contribution in [3.8, 4) is 0 Å². The van der Waals surface area contributed by atoms with Crippen molar-refractivity contribution in [2.24, 2.45) is 0 Å². The zero-order valence-electron chi connectivity index (χ0n) is 16.8. The van der Waals surface area contributed by atoms with Gasteiger partial charge in [0.05, 0.1) is 19.1 Å². The Kier molecular flexibility index (Phi) is 7.78. The van der Waals surface area contributed by atoms with Crippen LogP contribution in [0.5, 0.6) is 0 Å². The summed E-state index contributed by atoms with van der Waals surface area (Å²) in [5.41, 5.74) is 2.40. The summed E-state index contributed by atoms with van der Waals surface area (Å²) >= 11 is 0. The molecule has 1 saturated heterocycles. The number of ether oxygens (including phenoxy) is 1. The maximum atomic E-state index is 12.6. The van der Waals surface area contributed by atoms with Crippen LogP contribution in [0.15, 0.2) is 60.7 Å². The molecule has 1 heterocycles. The lowest BCUT2D eigenvalue weighted by Crippen LogP contribution is -2.57. The Morgan fingerprint density at radius 3 is 2.34 bits per heavy atom. The third-order valence-corrected chi connectivity index (χ3v) is 5.27. The molecule has 0 saturated carbocycles. The van der Waals surface area contributed by atoms with E-state index < -0.39 is 6.04 Å². The molecule has 2 amide bonds. The standard InChI is InChI=1S/C23H29N3O3/c1-29-15-13-24-22(27)16-21-23(28)25-12-14-26(21)17-20(18-8-4-2-5-9-18)19-10-6-3-7-11-19/h2-11,20-21H,12-17H2,1H3,(H,24,27)(H,25,28)/t21-/m1/s1. The summed E-state index contributed by atoms with van der Waals surface area (Å²) in [7, 11) is 1.59. The molecule has 29 heavy (non-hydrogen) atoms. The molecular formula is C23H29N3O3. The quantitative estimate of drug-likeness (QED) is 0.635. The van der Waals surface area contributed by atoms with E-state index in [9.17, 15) is 9.59 Å². The van der Waals surface area contributed by atoms with Crippen LogP contribution in [0, 0.1) is 0 Å². The van der Waals surface area contributed by atoms with Crippen molar-refractivity contribution in [3.63, 3.8) is 0 Å². The van der Waals surface area contributed by atoms with E-state index in [4.69, 9.17) is 4.74 Å². The van der Waals surface area contributed by atoms with Gasteiger partial charge in [0, 0.05) is 39.2 Å². The van der Waals surface area contributed by atoms with Crippen LogP contribution in [0.1, 0.15) is 23.5 Å². The number of hydrogen-bond donors (Lipinski definition) is 2. The Morgan fingerprint density at radius 2 is 1.76 bits per heavy atom. The van der Waals surface area contributed by atoms with Crippen molar-refractivity contribution in [2.45, 2.75) is 18.4 Å². The average molecular weight is 396 g/mol. The summed E-state index contributed by atoms with van der Waals surface area (Å²) in [6.45, 7) is 2.89. The van der Waals surface area contributed by atoms with E-state index in [0.717, 1.165) is 6.54 Å². The number of hydrogen-bond acceptors (Lipinski definition) is 4. The lowest BCUT2D eigenvalue weighted by molar-refractivity contribution is -0.134. The Hall–Kier alpha value is -2.70. The average Bonchev–Trinajstić information content (AvgIpc) is 2.75. The Bertz CT molecular complexity index is 743. The van der Waals surface area contributed by atoms with Crippen molar-refractivity contribution < 1.29 is 14.3 Å². The number of benzene rings is 2. The highest BCUT2D eigenvalue weighted by Crippen LogP contribution is 2.27. The van der Waals surface area contributed by atoms with Crippen LogP contribution in [0.4, 0.5) is 0 Å². The molecule has 1 atom stereocenters. The first-order valence-corrected chi connectivity index (χ1v) is 10.1. The molecule has 2 aromatic carbocycles. The molecule has 1 fully saturated rings. The molecule has 0 bridgehead atoms. The number of carbonyl (C=O) groups excluding carboxylic acids is 2. The van der Waals surface area contributed by atoms with Crippen molar-refractivity contribution in [1.29, 1.82) is 0 Å². The highest BCUT2D eigenvalue weighted by atomic mass is 16.5. The summed E-state index contributed by atoms with van der Waals surface area (Å²) in [6, 6.07) is 20.2. The topological polar surface area (TPSA) is 70.7 Å². The van der Waals surface area contributed by atoms with Crippen LogP contribution in [0.2, 0.25) is 0 Å². The van der Waals surface area contributed by atoms with Gasteiger partial charge in [0.1, 0.15) is 0 Å². The first-order chi connectivity index (χ1) is 14.2. The molecule has 0 unspecified atom stereocenters. The van der Waals surface area contributed by atoms with E-state index in [1.54, 1.807) is 7.11 Å². The number of amides is 2. The van der Waals surface area contributed by atoms with Crippen molar-refractivity contribution in [3.05, 3.63) is 71.8 Å². The minimum atomic E-state index is -0.471. The Balaban J connectivity index is 1.77. The van der Waals surface area contributed by atoms with E-state index in [-0.39, 0.29) is 24.2 Å². The van der Waals surface area contributed by atoms with Crippen molar-refractivity contribution in [2.75, 3.05) is 39.9 Å². The molecule has 154 valence electrons. The Morgan fingerprint density at radius 1 is 1.14 bits per heavy atom. The van der Waals surface area contributed by atoms with Gasteiger partial charge >= 0.3 is 0 Å². The van der Waals surface area contributed by atoms with Gasteiger partial charge < -0.3 is 15.4 Å². The molecule has 6 heteroatoms. The molecular weight excluding hydrogens is 366 g/mol. The van der Waals surface area contributed by atoms with Gasteiger partial charge in [-0.05, 0) is 11.1 Å². The van der Waals surface area contributed by atoms with Crippen LogP contribution in [0.25, 0.3) is 0 Å². The maximum absolute atomic E-state index is 12.6. The number of nitrogens with one attached hydrogen (secondary N) is 2. The maximum Gasteiger partial charge on any atom is 0.237 e. The van der Waals surface area contributed by atoms with Gasteiger partial charge in [-0.15, -0.1) is 0 Å². The molecule has 0 aromatic heterocycles. The van der Waals surface area contributed by atoms with Crippen LogP contribution in [-0.4, -0.2) is 62.7 Å². The third kappa shape index (κ3) is 5.89. The number of nitrogens with zero attached hydrogens (tertiary/aromatic N) is 1. The fourth-order valence-electron chi connectivity index (χ4n) is 3.75. The number of rotatable bonds is 9. The second-order valence-corrected chi connectivity index (χ2v) is 7.22. The van der Waals surface area contributed by atoms with Gasteiger partial charge in [0.2, 0.25) is 11.8 Å². The highest BCUT2D eigenvalue weighted by Gasteiger charge is 2.33. The van der Waals surface area contributed by atoms with E-state index in [1.165, 1.54) is 11.1 Å². The summed E-state index contributed by atoms with van der Waals surface area (Å²) < 4.78 is 4.97. The SMILES string of the molecule is COCCNC(=O)C[C@@H]1C(=O)NCCN1CC(c1ccccc1)c1ccccc1. The summed E-state index contributed by atoms with van der Waals surface area (Å²) in [4.78, 5) is 27.0. The highest BCUT2D eigenvalue weighted by molar-refractivity contribution is 5.88. The van der Waals surface area contributed by atoms with Crippen molar-refractivity contribution >= 4 is 11.8 Å². The van der Waals surface area contributed by atoms with Gasteiger partial charge in [-0.25, -0.2) is 0 Å². The second kappa shape index (κ2) is 10.7. The molecule has 1 aliphatic heterocycles. The van der Waals surface area contributed by atoms with Crippen molar-refractivity contribution in [1.82, 2.24) is 15.5 Å². The first-order valence-electron chi connectivity index (χ1n) is 10.1. The molecule has 0 radical (unpaired) electrons. The molecule has 3 rings (SSSR count). The fourth-order valence-corrected chi connectivity index (χ4v) is 3.75. The molecule has 0 aliphatic carbocycles. The lowest BCUT2D eigenvalue weighted by Gasteiger charge is -2.37. The van der Waals surface area contributed by atoms with Gasteiger partial charge in [-0.2, -0.15) is 0 Å². The second-order valence-electron chi connectivity index (χ2n) is 7.22. The number of methoxy groups -OCH3 is 1. The third-order valence-electron chi connectivity index (χ3n) is 5.27. The Labute approximate surface area is 172 Å². The van der Waals surface area contributed by atoms with E-state index >= 15 is 0 Å². The summed E-state index contributed by atoms with van der Waals surface area (Å²) in [5.74, 6) is -0.0922. The number of piperazine rings is 1. The molecule has 2 N–H and O–H groups in total. The lowest BCUT2D eigenvalue weighted by atomic mass is 9.90. The van der Waals surface area contributed by atoms with Crippen LogP contribution < -0.4 is 10.6 Å². The van der Waals surface area contributed by atoms with Crippen LogP contribution in [-0.2, 0) is 14.3 Å². The van der Waals surface area contributed by atoms with Crippen LogP contribution >= 0.6 is 0 Å². The fraction of sp³-hybridized carbons (Fsp3) is 0.391. The normalized spacial score (nSPS) is 17.2. The molecule has 1 aliphatic rings. The minimum absolute atomic E-state index is 0.0852. The largest absolute Gasteiger partial charge is 0.383 e. The summed E-state index contributed by atoms with van der Waals surface area (Å²) in [6.07, 6.45) is 0.145. The van der Waals surface area contributed by atoms with Gasteiger partial charge in [0.25, 0.3) is 0 Å². The van der Waals surface area contributed by atoms with Gasteiger partial charge in [-0.3, -0.25) is 14.5 Å². The monoisotopic (exact) mass is 395 g/mol. The predicted molar refractivity (Wildman–Crippen MR) is 113 cm³/mol. The zero-order chi connectivity index (χ0) is 20.5. The predicted octanol–water partition coefficient (Wildman–Crippen LogP) is 1.77. The number of carbonyl (C=O) groups is 2. The molecule has 0 spiro atoms. The molecule has 6 nitrogen and oxygen atoms in total. The zero-order valence-corrected chi connectivity index (χ0v) is 16.8.